The van der Waals surface area contributed by atoms with Crippen molar-refractivity contribution in [2.24, 2.45) is 5.92 Å². The normalized spacial score (nSPS) is 16.9. The maximum absolute atomic E-state index is 13.6. The van der Waals surface area contributed by atoms with Crippen molar-refractivity contribution in [2.75, 3.05) is 37.7 Å². The highest BCUT2D eigenvalue weighted by molar-refractivity contribution is 8.23. The molecule has 1 aromatic heterocycles. The zero-order valence-electron chi connectivity index (χ0n) is 18.9. The number of para-hydroxylation sites is 1. The average Bonchev–Trinajstić information content (AvgIpc) is 2.88. The van der Waals surface area contributed by atoms with Crippen LogP contribution in [-0.4, -0.2) is 66.9 Å². The Morgan fingerprint density at radius 2 is 1.42 bits per heavy atom. The molecular formula is C25H31N3OS4. The number of fused-ring (bicyclic) bond motifs is 1. The highest BCUT2D eigenvalue weighted by Crippen LogP contribution is 2.26. The minimum atomic E-state index is -0.159. The van der Waals surface area contributed by atoms with Crippen molar-refractivity contribution >= 4 is 73.3 Å². The Balaban J connectivity index is 1.44. The van der Waals surface area contributed by atoms with E-state index in [1.165, 1.54) is 38.5 Å². The summed E-state index contributed by atoms with van der Waals surface area (Å²) in [5, 5.41) is 0.995. The monoisotopic (exact) mass is 517 g/mol. The number of ketones is 1. The molecule has 0 N–H and O–H groups in total. The van der Waals surface area contributed by atoms with Crippen LogP contribution < -0.4 is 0 Å². The number of piperidine rings is 2. The van der Waals surface area contributed by atoms with Crippen LogP contribution in [0.5, 0.6) is 0 Å². The molecule has 2 saturated heterocycles. The van der Waals surface area contributed by atoms with Gasteiger partial charge in [0.25, 0.3) is 0 Å². The number of Topliss-reactive ketones (excluding diaryl/α,β-unsaturated/α-hetero) is 1. The predicted octanol–water partition coefficient (Wildman–Crippen LogP) is 6.04. The fourth-order valence-corrected chi connectivity index (χ4v) is 7.20. The van der Waals surface area contributed by atoms with Gasteiger partial charge in [0.2, 0.25) is 0 Å². The van der Waals surface area contributed by atoms with Gasteiger partial charge in [0.1, 0.15) is 8.64 Å². The first-order chi connectivity index (χ1) is 16.1. The number of hydrogen-bond acceptors (Lipinski definition) is 6. The minimum absolute atomic E-state index is 0.135. The molecule has 2 aromatic rings. The fraction of sp³-hybridized carbons (Fsp3) is 0.520. The second-order valence-corrected chi connectivity index (χ2v) is 12.0. The summed E-state index contributed by atoms with van der Waals surface area (Å²) in [4.78, 5) is 22.7. The highest BCUT2D eigenvalue weighted by Gasteiger charge is 2.25. The number of pyridine rings is 1. The van der Waals surface area contributed by atoms with E-state index < -0.39 is 0 Å². The van der Waals surface area contributed by atoms with E-state index in [-0.39, 0.29) is 11.7 Å². The standard InChI is InChI=1S/C25H31N3OS4/c29-23(20-15-19-9-3-4-10-22(19)26-16-20)21(17-32-24(30)27-11-5-1-6-12-27)18-33-25(31)28-13-7-2-8-14-28/h3-4,9-10,15-16,21H,1-2,5-8,11-14,17-18H2. The summed E-state index contributed by atoms with van der Waals surface area (Å²) in [7, 11) is 0. The number of thioether (sulfide) groups is 2. The van der Waals surface area contributed by atoms with Crippen molar-refractivity contribution in [3.05, 3.63) is 42.1 Å². The molecule has 4 rings (SSSR count). The van der Waals surface area contributed by atoms with Gasteiger partial charge in [-0.3, -0.25) is 9.78 Å². The van der Waals surface area contributed by atoms with Gasteiger partial charge in [-0.25, -0.2) is 0 Å². The van der Waals surface area contributed by atoms with Crippen molar-refractivity contribution in [1.82, 2.24) is 14.8 Å². The lowest BCUT2D eigenvalue weighted by molar-refractivity contribution is 0.0944. The third kappa shape index (κ3) is 6.90. The molecule has 0 atom stereocenters. The molecule has 0 radical (unpaired) electrons. The summed E-state index contributed by atoms with van der Waals surface area (Å²) < 4.78 is 1.85. The summed E-state index contributed by atoms with van der Waals surface area (Å²) >= 11 is 14.7. The molecule has 0 unspecified atom stereocenters. The molecule has 2 aliphatic rings. The second-order valence-electron chi connectivity index (χ2n) is 8.73. The molecule has 3 heterocycles. The number of nitrogens with zero attached hydrogens (tertiary/aromatic N) is 3. The maximum Gasteiger partial charge on any atom is 0.169 e. The number of likely N-dealkylation sites (tertiary alicyclic amines) is 2. The van der Waals surface area contributed by atoms with Crippen LogP contribution in [0.3, 0.4) is 0 Å². The lowest BCUT2D eigenvalue weighted by atomic mass is 10.0. The predicted molar refractivity (Wildman–Crippen MR) is 151 cm³/mol. The van der Waals surface area contributed by atoms with E-state index in [1.54, 1.807) is 29.7 Å². The number of aromatic nitrogens is 1. The Kier molecular flexibility index (Phi) is 9.41. The molecule has 2 fully saturated rings. The van der Waals surface area contributed by atoms with Crippen LogP contribution >= 0.6 is 48.0 Å². The molecular weight excluding hydrogens is 487 g/mol. The van der Waals surface area contributed by atoms with Crippen LogP contribution in [0.1, 0.15) is 48.9 Å². The van der Waals surface area contributed by atoms with E-state index >= 15 is 0 Å². The van der Waals surface area contributed by atoms with Gasteiger partial charge in [-0.15, -0.1) is 0 Å². The van der Waals surface area contributed by atoms with Crippen LogP contribution in [0.25, 0.3) is 10.9 Å². The van der Waals surface area contributed by atoms with Gasteiger partial charge in [-0.05, 0) is 50.7 Å². The van der Waals surface area contributed by atoms with E-state index in [4.69, 9.17) is 24.4 Å². The number of benzene rings is 1. The van der Waals surface area contributed by atoms with E-state index in [2.05, 4.69) is 14.8 Å². The third-order valence-electron chi connectivity index (χ3n) is 6.29. The third-order valence-corrected chi connectivity index (χ3v) is 9.66. The van der Waals surface area contributed by atoms with Crippen LogP contribution in [0.2, 0.25) is 0 Å². The summed E-state index contributed by atoms with van der Waals surface area (Å²) in [6.45, 7) is 4.14. The average molecular weight is 518 g/mol. The van der Waals surface area contributed by atoms with Crippen molar-refractivity contribution < 1.29 is 4.79 Å². The first-order valence-electron chi connectivity index (χ1n) is 11.8. The Morgan fingerprint density at radius 3 is 2.00 bits per heavy atom. The summed E-state index contributed by atoms with van der Waals surface area (Å²) in [6, 6.07) is 9.90. The van der Waals surface area contributed by atoms with E-state index in [1.807, 2.05) is 30.3 Å². The summed E-state index contributed by atoms with van der Waals surface area (Å²) in [5.74, 6) is 1.33. The quantitative estimate of drug-likeness (QED) is 0.339. The molecule has 1 aromatic carbocycles. The number of hydrogen-bond donors (Lipinski definition) is 0. The fourth-order valence-electron chi connectivity index (χ4n) is 4.32. The lowest BCUT2D eigenvalue weighted by Crippen LogP contribution is -2.34. The maximum atomic E-state index is 13.6. The van der Waals surface area contributed by atoms with Crippen molar-refractivity contribution in [1.29, 1.82) is 0 Å². The van der Waals surface area contributed by atoms with Crippen molar-refractivity contribution in [3.8, 4) is 0 Å². The van der Waals surface area contributed by atoms with Crippen LogP contribution in [0, 0.1) is 5.92 Å². The van der Waals surface area contributed by atoms with E-state index in [0.29, 0.717) is 17.1 Å². The minimum Gasteiger partial charge on any atom is -0.358 e. The molecule has 176 valence electrons. The number of carbonyl (C=O) groups is 1. The Labute approximate surface area is 216 Å². The van der Waals surface area contributed by atoms with Crippen molar-refractivity contribution in [2.45, 2.75) is 38.5 Å². The van der Waals surface area contributed by atoms with Crippen LogP contribution in [-0.2, 0) is 0 Å². The molecule has 0 aliphatic carbocycles. The second kappa shape index (κ2) is 12.5. The molecule has 33 heavy (non-hydrogen) atoms. The Morgan fingerprint density at radius 1 is 0.879 bits per heavy atom. The molecule has 8 heteroatoms. The highest BCUT2D eigenvalue weighted by atomic mass is 32.2. The first kappa shape index (κ1) is 24.9. The van der Waals surface area contributed by atoms with Gasteiger partial charge in [0.05, 0.1) is 5.52 Å². The molecule has 0 spiro atoms. The molecule has 4 nitrogen and oxygen atoms in total. The lowest BCUT2D eigenvalue weighted by Gasteiger charge is -2.30. The van der Waals surface area contributed by atoms with Crippen LogP contribution in [0.4, 0.5) is 0 Å². The SMILES string of the molecule is O=C(c1cnc2ccccc2c1)C(CSC(=S)N1CCCCC1)CSC(=S)N1CCCCC1. The van der Waals surface area contributed by atoms with Gasteiger partial charge >= 0.3 is 0 Å². The summed E-state index contributed by atoms with van der Waals surface area (Å²) in [5.41, 5.74) is 1.58. The number of rotatable bonds is 6. The molecule has 0 saturated carbocycles. The molecule has 0 bridgehead atoms. The van der Waals surface area contributed by atoms with Crippen molar-refractivity contribution in [3.63, 3.8) is 0 Å². The van der Waals surface area contributed by atoms with Gasteiger partial charge in [0, 0.05) is 60.7 Å². The van der Waals surface area contributed by atoms with Gasteiger partial charge in [-0.1, -0.05) is 66.2 Å². The molecule has 0 amide bonds. The number of carbonyl (C=O) groups excluding carboxylic acids is 1. The zero-order valence-corrected chi connectivity index (χ0v) is 22.2. The zero-order chi connectivity index (χ0) is 23.0. The van der Waals surface area contributed by atoms with E-state index in [0.717, 1.165) is 45.7 Å². The smallest absolute Gasteiger partial charge is 0.169 e. The summed E-state index contributed by atoms with van der Waals surface area (Å²) in [6.07, 6.45) is 9.09. The molecule has 2 aliphatic heterocycles. The largest absolute Gasteiger partial charge is 0.358 e. The Hall–Kier alpha value is -1.22. The topological polar surface area (TPSA) is 36.4 Å². The van der Waals surface area contributed by atoms with Gasteiger partial charge in [0.15, 0.2) is 5.78 Å². The Bertz CT molecular complexity index is 953. The van der Waals surface area contributed by atoms with Gasteiger partial charge in [-0.2, -0.15) is 0 Å². The number of thiocarbonyl (C=S) groups is 2. The van der Waals surface area contributed by atoms with Gasteiger partial charge < -0.3 is 9.80 Å². The van der Waals surface area contributed by atoms with Crippen LogP contribution in [0.15, 0.2) is 36.5 Å². The first-order valence-corrected chi connectivity index (χ1v) is 14.6. The van der Waals surface area contributed by atoms with E-state index in [9.17, 15) is 4.79 Å².